The van der Waals surface area contributed by atoms with Crippen LogP contribution in [0.1, 0.15) is 50.2 Å². The molecule has 0 radical (unpaired) electrons. The van der Waals surface area contributed by atoms with Gasteiger partial charge >= 0.3 is 0 Å². The minimum atomic E-state index is -0.211. The van der Waals surface area contributed by atoms with Crippen LogP contribution in [0, 0.1) is 11.2 Å². The Balaban J connectivity index is 2.16. The zero-order valence-electron chi connectivity index (χ0n) is 15.6. The molecule has 0 amide bonds. The summed E-state index contributed by atoms with van der Waals surface area (Å²) in [4.78, 5) is 0. The summed E-state index contributed by atoms with van der Waals surface area (Å²) in [6, 6.07) is 11.2. The molecule has 0 aliphatic heterocycles. The van der Waals surface area contributed by atoms with Gasteiger partial charge in [0.15, 0.2) is 0 Å². The van der Waals surface area contributed by atoms with Gasteiger partial charge in [0.25, 0.3) is 0 Å². The molecule has 2 aromatic rings. The van der Waals surface area contributed by atoms with E-state index in [0.717, 1.165) is 17.5 Å². The van der Waals surface area contributed by atoms with E-state index in [1.807, 2.05) is 12.1 Å². The Morgan fingerprint density at radius 1 is 1.08 bits per heavy atom. The molecule has 2 aromatic carbocycles. The largest absolute Gasteiger partial charge is 0.497 e. The van der Waals surface area contributed by atoms with Gasteiger partial charge in [-0.1, -0.05) is 38.5 Å². The van der Waals surface area contributed by atoms with Crippen LogP contribution in [0.5, 0.6) is 5.75 Å². The number of methoxy groups -OCH3 is 2. The normalized spacial score (nSPS) is 19.2. The van der Waals surface area contributed by atoms with Gasteiger partial charge in [-0.2, -0.15) is 0 Å². The Hall–Kier alpha value is -1.87. The highest BCUT2D eigenvalue weighted by atomic mass is 19.1. The van der Waals surface area contributed by atoms with Crippen molar-refractivity contribution in [2.75, 3.05) is 14.2 Å². The molecule has 1 atom stereocenters. The second kappa shape index (κ2) is 7.17. The highest BCUT2D eigenvalue weighted by Gasteiger charge is 2.37. The Morgan fingerprint density at radius 2 is 1.88 bits per heavy atom. The molecule has 0 saturated heterocycles. The van der Waals surface area contributed by atoms with Crippen LogP contribution in [0.2, 0.25) is 0 Å². The summed E-state index contributed by atoms with van der Waals surface area (Å²) in [7, 11) is 3.31. The van der Waals surface area contributed by atoms with Gasteiger partial charge in [-0.25, -0.2) is 4.39 Å². The number of rotatable bonds is 5. The fraction of sp³-hybridized carbons (Fsp3) is 0.455. The maximum Gasteiger partial charge on any atom is 0.131 e. The molecular formula is C22H27FO2. The van der Waals surface area contributed by atoms with Crippen LogP contribution in [-0.4, -0.2) is 14.2 Å². The maximum absolute atomic E-state index is 14.6. The first kappa shape index (κ1) is 17.9. The van der Waals surface area contributed by atoms with E-state index in [0.29, 0.717) is 23.8 Å². The molecule has 3 rings (SSSR count). The summed E-state index contributed by atoms with van der Waals surface area (Å²) in [5.74, 6) is 0.885. The zero-order valence-corrected chi connectivity index (χ0v) is 15.6. The van der Waals surface area contributed by atoms with Crippen LogP contribution < -0.4 is 4.74 Å². The lowest BCUT2D eigenvalue weighted by Gasteiger charge is -2.30. The Labute approximate surface area is 150 Å². The maximum atomic E-state index is 14.6. The van der Waals surface area contributed by atoms with Crippen LogP contribution in [0.15, 0.2) is 36.4 Å². The van der Waals surface area contributed by atoms with Gasteiger partial charge in [0, 0.05) is 12.7 Å². The zero-order chi connectivity index (χ0) is 18.0. The van der Waals surface area contributed by atoms with E-state index in [2.05, 4.69) is 19.9 Å². The van der Waals surface area contributed by atoms with Crippen molar-refractivity contribution in [1.29, 1.82) is 0 Å². The quantitative estimate of drug-likeness (QED) is 0.669. The third kappa shape index (κ3) is 3.57. The summed E-state index contributed by atoms with van der Waals surface area (Å²) in [5, 5.41) is 0. The lowest BCUT2D eigenvalue weighted by molar-refractivity contribution is 0.184. The number of hydrogen-bond acceptors (Lipinski definition) is 2. The Bertz CT molecular complexity index is 752. The van der Waals surface area contributed by atoms with Gasteiger partial charge in [-0.15, -0.1) is 0 Å². The molecule has 0 spiro atoms. The Kier molecular flexibility index (Phi) is 5.14. The third-order valence-corrected chi connectivity index (χ3v) is 5.52. The van der Waals surface area contributed by atoms with Crippen molar-refractivity contribution >= 4 is 0 Å². The molecule has 1 aliphatic carbocycles. The van der Waals surface area contributed by atoms with Gasteiger partial charge in [0.1, 0.15) is 11.6 Å². The molecule has 2 nitrogen and oxygen atoms in total. The van der Waals surface area contributed by atoms with Crippen molar-refractivity contribution in [1.82, 2.24) is 0 Å². The predicted octanol–water partition coefficient (Wildman–Crippen LogP) is 5.94. The van der Waals surface area contributed by atoms with Crippen molar-refractivity contribution in [2.45, 2.75) is 45.6 Å². The van der Waals surface area contributed by atoms with Crippen LogP contribution in [0.4, 0.5) is 4.39 Å². The van der Waals surface area contributed by atoms with E-state index < -0.39 is 0 Å². The molecule has 0 N–H and O–H groups in total. The van der Waals surface area contributed by atoms with E-state index >= 15 is 0 Å². The first-order valence-corrected chi connectivity index (χ1v) is 8.92. The van der Waals surface area contributed by atoms with E-state index in [-0.39, 0.29) is 11.2 Å². The molecule has 1 saturated carbocycles. The van der Waals surface area contributed by atoms with E-state index in [1.165, 1.54) is 24.5 Å². The highest BCUT2D eigenvalue weighted by Crippen LogP contribution is 2.51. The van der Waals surface area contributed by atoms with Gasteiger partial charge in [-0.3, -0.25) is 0 Å². The van der Waals surface area contributed by atoms with Crippen molar-refractivity contribution in [3.05, 3.63) is 53.3 Å². The predicted molar refractivity (Wildman–Crippen MR) is 99.5 cm³/mol. The van der Waals surface area contributed by atoms with Gasteiger partial charge in [0.05, 0.1) is 13.7 Å². The fourth-order valence-corrected chi connectivity index (χ4v) is 4.14. The number of halogens is 1. The molecule has 0 unspecified atom stereocenters. The average molecular weight is 342 g/mol. The van der Waals surface area contributed by atoms with E-state index in [4.69, 9.17) is 9.47 Å². The van der Waals surface area contributed by atoms with Gasteiger partial charge < -0.3 is 9.47 Å². The summed E-state index contributed by atoms with van der Waals surface area (Å²) < 4.78 is 25.2. The molecular weight excluding hydrogens is 315 g/mol. The monoisotopic (exact) mass is 342 g/mol. The lowest BCUT2D eigenvalue weighted by atomic mass is 9.75. The van der Waals surface area contributed by atoms with Gasteiger partial charge in [-0.05, 0) is 59.1 Å². The van der Waals surface area contributed by atoms with Crippen molar-refractivity contribution < 1.29 is 13.9 Å². The van der Waals surface area contributed by atoms with Crippen molar-refractivity contribution in [2.24, 2.45) is 5.41 Å². The molecule has 0 bridgehead atoms. The minimum absolute atomic E-state index is 0.211. The summed E-state index contributed by atoms with van der Waals surface area (Å²) >= 11 is 0. The first-order chi connectivity index (χ1) is 12.0. The minimum Gasteiger partial charge on any atom is -0.497 e. The molecule has 134 valence electrons. The molecule has 25 heavy (non-hydrogen) atoms. The average Bonchev–Trinajstić information content (AvgIpc) is 2.95. The van der Waals surface area contributed by atoms with Crippen LogP contribution >= 0.6 is 0 Å². The molecule has 3 heteroatoms. The van der Waals surface area contributed by atoms with Crippen LogP contribution in [0.3, 0.4) is 0 Å². The molecule has 0 aromatic heterocycles. The van der Waals surface area contributed by atoms with Crippen molar-refractivity contribution in [3.8, 4) is 16.9 Å². The molecule has 1 aliphatic rings. The van der Waals surface area contributed by atoms with E-state index in [1.54, 1.807) is 26.4 Å². The second-order valence-electron chi connectivity index (χ2n) is 7.63. The highest BCUT2D eigenvalue weighted by molar-refractivity contribution is 5.71. The molecule has 1 fully saturated rings. The number of ether oxygens (including phenoxy) is 2. The van der Waals surface area contributed by atoms with E-state index in [9.17, 15) is 4.39 Å². The fourth-order valence-electron chi connectivity index (χ4n) is 4.14. The number of benzene rings is 2. The summed E-state index contributed by atoms with van der Waals surface area (Å²) in [6.45, 7) is 5.21. The second-order valence-corrected chi connectivity index (χ2v) is 7.63. The molecule has 0 heterocycles. The Morgan fingerprint density at radius 3 is 2.52 bits per heavy atom. The summed E-state index contributed by atoms with van der Waals surface area (Å²) in [5.41, 5.74) is 4.16. The standard InChI is InChI=1S/C22H27FO2/c1-22(2)11-5-6-20(22)18-12-15(14-24-3)7-9-17(18)19-13-16(25-4)8-10-21(19)23/h7-10,12-13,20H,5-6,11,14H2,1-4H3/t20-/m0/s1. The number of hydrogen-bond donors (Lipinski definition) is 0. The topological polar surface area (TPSA) is 18.5 Å². The smallest absolute Gasteiger partial charge is 0.131 e. The third-order valence-electron chi connectivity index (χ3n) is 5.52. The first-order valence-electron chi connectivity index (χ1n) is 8.92. The SMILES string of the molecule is COCc1ccc(-c2cc(OC)ccc2F)c([C@@H]2CCCC2(C)C)c1. The van der Waals surface area contributed by atoms with Crippen LogP contribution in [0.25, 0.3) is 11.1 Å². The lowest BCUT2D eigenvalue weighted by Crippen LogP contribution is -2.16. The van der Waals surface area contributed by atoms with Crippen molar-refractivity contribution in [3.63, 3.8) is 0 Å². The summed E-state index contributed by atoms with van der Waals surface area (Å²) in [6.07, 6.45) is 3.56. The van der Waals surface area contributed by atoms with Crippen LogP contribution in [-0.2, 0) is 11.3 Å². The van der Waals surface area contributed by atoms with Gasteiger partial charge in [0.2, 0.25) is 0 Å².